The Morgan fingerprint density at radius 1 is 0.958 bits per heavy atom. The quantitative estimate of drug-likeness (QED) is 0.107. The predicted molar refractivity (Wildman–Crippen MR) is 192 cm³/mol. The van der Waals surface area contributed by atoms with Gasteiger partial charge < -0.3 is 28.6 Å². The summed E-state index contributed by atoms with van der Waals surface area (Å²) in [5, 5.41) is 4.86. The van der Waals surface area contributed by atoms with Crippen molar-refractivity contribution in [1.29, 1.82) is 0 Å². The first-order valence-corrected chi connectivity index (χ1v) is 20.8. The summed E-state index contributed by atoms with van der Waals surface area (Å²) in [5.74, 6) is 3.01. The van der Waals surface area contributed by atoms with Crippen molar-refractivity contribution in [3.8, 4) is 16.2 Å². The standard InChI is InChI=1S/C34H41N9O3SSi/c1-44-26-11-9-25(10-12-26)21-41(22-31-37-28-7-5-6-8-29(28)42(31)24-46-17-18-48(2,3)4)34-39-33(40-13-15-45-16-14-40)38-32-27(19-36-43(32)34)30-20-35-23-47-30/h5-12,19-20,23H,13-18,21-22,24H2,1-4H3. The molecule has 1 fully saturated rings. The number of ether oxygens (including phenoxy) is 3. The van der Waals surface area contributed by atoms with Crippen molar-refractivity contribution in [3.63, 3.8) is 0 Å². The van der Waals surface area contributed by atoms with Crippen molar-refractivity contribution in [3.05, 3.63) is 77.8 Å². The van der Waals surface area contributed by atoms with Gasteiger partial charge in [-0.05, 0) is 35.9 Å². The molecular weight excluding hydrogens is 643 g/mol. The molecule has 0 bridgehead atoms. The summed E-state index contributed by atoms with van der Waals surface area (Å²) >= 11 is 1.57. The number of imidazole rings is 1. The van der Waals surface area contributed by atoms with Gasteiger partial charge in [-0.15, -0.1) is 11.3 Å². The first-order valence-electron chi connectivity index (χ1n) is 16.2. The number of anilines is 2. The van der Waals surface area contributed by atoms with Crippen LogP contribution in [0.3, 0.4) is 0 Å². The van der Waals surface area contributed by atoms with Crippen LogP contribution in [0.1, 0.15) is 11.4 Å². The van der Waals surface area contributed by atoms with Crippen molar-refractivity contribution < 1.29 is 14.2 Å². The number of nitrogens with zero attached hydrogens (tertiary/aromatic N) is 9. The van der Waals surface area contributed by atoms with Crippen molar-refractivity contribution in [2.24, 2.45) is 0 Å². The molecule has 5 heterocycles. The maximum Gasteiger partial charge on any atom is 0.232 e. The van der Waals surface area contributed by atoms with E-state index < -0.39 is 8.07 Å². The van der Waals surface area contributed by atoms with Gasteiger partial charge in [-0.2, -0.15) is 19.6 Å². The van der Waals surface area contributed by atoms with E-state index in [4.69, 9.17) is 34.3 Å². The van der Waals surface area contributed by atoms with Crippen LogP contribution < -0.4 is 14.5 Å². The lowest BCUT2D eigenvalue weighted by Crippen LogP contribution is -2.38. The summed E-state index contributed by atoms with van der Waals surface area (Å²) < 4.78 is 21.5. The molecule has 0 saturated carbocycles. The van der Waals surface area contributed by atoms with E-state index in [0.29, 0.717) is 58.0 Å². The largest absolute Gasteiger partial charge is 0.497 e. The van der Waals surface area contributed by atoms with Gasteiger partial charge in [-0.25, -0.2) is 4.98 Å². The zero-order valence-electron chi connectivity index (χ0n) is 27.9. The summed E-state index contributed by atoms with van der Waals surface area (Å²) in [6.07, 6.45) is 3.72. The number of hydrogen-bond donors (Lipinski definition) is 0. The lowest BCUT2D eigenvalue weighted by molar-refractivity contribution is 0.0878. The molecule has 1 aliphatic heterocycles. The lowest BCUT2D eigenvalue weighted by atomic mass is 10.2. The molecule has 0 spiro atoms. The maximum absolute atomic E-state index is 6.31. The highest BCUT2D eigenvalue weighted by atomic mass is 32.1. The summed E-state index contributed by atoms with van der Waals surface area (Å²) in [4.78, 5) is 25.2. The number of fused-ring (bicyclic) bond motifs is 2. The molecule has 2 aromatic carbocycles. The molecule has 7 rings (SSSR count). The Kier molecular flexibility index (Phi) is 9.39. The average Bonchev–Trinajstić information content (AvgIpc) is 3.85. The van der Waals surface area contributed by atoms with Gasteiger partial charge in [0.05, 0.1) is 60.0 Å². The zero-order valence-corrected chi connectivity index (χ0v) is 29.7. The number of methoxy groups -OCH3 is 1. The Bertz CT molecular complexity index is 1970. The molecule has 250 valence electrons. The Balaban J connectivity index is 1.33. The van der Waals surface area contributed by atoms with E-state index in [2.05, 4.69) is 69.3 Å². The summed E-state index contributed by atoms with van der Waals surface area (Å²) in [5.41, 5.74) is 6.55. The second-order valence-corrected chi connectivity index (χ2v) is 19.6. The fraction of sp³-hybridized carbons (Fsp3) is 0.382. The van der Waals surface area contributed by atoms with Crippen LogP contribution in [0.2, 0.25) is 25.7 Å². The molecule has 1 saturated heterocycles. The fourth-order valence-corrected chi connectivity index (χ4v) is 7.11. The summed E-state index contributed by atoms with van der Waals surface area (Å²) in [6.45, 7) is 11.9. The summed E-state index contributed by atoms with van der Waals surface area (Å²) in [6, 6.07) is 17.5. The van der Waals surface area contributed by atoms with Gasteiger partial charge in [0.2, 0.25) is 11.9 Å². The minimum absolute atomic E-state index is 0.423. The number of para-hydroxylation sites is 2. The monoisotopic (exact) mass is 683 g/mol. The molecule has 4 aromatic heterocycles. The molecule has 0 atom stereocenters. The highest BCUT2D eigenvalue weighted by Crippen LogP contribution is 2.31. The molecule has 6 aromatic rings. The van der Waals surface area contributed by atoms with E-state index in [-0.39, 0.29) is 0 Å². The number of benzene rings is 2. The average molecular weight is 684 g/mol. The van der Waals surface area contributed by atoms with Crippen molar-refractivity contribution >= 4 is 48.0 Å². The molecule has 0 unspecified atom stereocenters. The van der Waals surface area contributed by atoms with Crippen LogP contribution in [-0.2, 0) is 29.3 Å². The zero-order chi connectivity index (χ0) is 33.1. The minimum Gasteiger partial charge on any atom is -0.497 e. The number of aromatic nitrogens is 7. The number of thiazole rings is 1. The topological polar surface area (TPSA) is 108 Å². The van der Waals surface area contributed by atoms with E-state index in [1.54, 1.807) is 18.4 Å². The SMILES string of the molecule is COc1ccc(CN(Cc2nc3ccccc3n2COCC[Si](C)(C)C)c2nc(N3CCOCC3)nc3c(-c4cncs4)cnn23)cc1. The molecule has 1 aliphatic rings. The van der Waals surface area contributed by atoms with Gasteiger partial charge in [-0.1, -0.05) is 43.9 Å². The van der Waals surface area contributed by atoms with Gasteiger partial charge in [0.1, 0.15) is 18.3 Å². The minimum atomic E-state index is -1.24. The molecular formula is C34H41N9O3SSi. The molecule has 0 amide bonds. The van der Waals surface area contributed by atoms with Crippen LogP contribution >= 0.6 is 11.3 Å². The highest BCUT2D eigenvalue weighted by Gasteiger charge is 2.25. The van der Waals surface area contributed by atoms with Crippen LogP contribution in [0.4, 0.5) is 11.9 Å². The van der Waals surface area contributed by atoms with Crippen molar-refractivity contribution in [1.82, 2.24) is 34.1 Å². The second-order valence-electron chi connectivity index (χ2n) is 13.1. The van der Waals surface area contributed by atoms with Crippen LogP contribution in [-0.4, -0.2) is 82.2 Å². The normalized spacial score (nSPS) is 13.9. The summed E-state index contributed by atoms with van der Waals surface area (Å²) in [7, 11) is 0.444. The Hall–Kier alpha value is -4.37. The molecule has 0 radical (unpaired) electrons. The first kappa shape index (κ1) is 32.2. The van der Waals surface area contributed by atoms with E-state index >= 15 is 0 Å². The number of rotatable bonds is 13. The first-order chi connectivity index (χ1) is 23.4. The molecule has 0 aliphatic carbocycles. The van der Waals surface area contributed by atoms with Gasteiger partial charge in [0, 0.05) is 40.5 Å². The third-order valence-corrected chi connectivity index (χ3v) is 10.9. The van der Waals surface area contributed by atoms with Gasteiger partial charge in [-0.3, -0.25) is 4.98 Å². The van der Waals surface area contributed by atoms with E-state index in [9.17, 15) is 0 Å². The van der Waals surface area contributed by atoms with Gasteiger partial charge in [0.25, 0.3) is 0 Å². The third-order valence-electron chi connectivity index (χ3n) is 8.43. The van der Waals surface area contributed by atoms with Crippen molar-refractivity contribution in [2.45, 2.75) is 45.5 Å². The fourth-order valence-electron chi connectivity index (χ4n) is 5.73. The van der Waals surface area contributed by atoms with Crippen LogP contribution in [0.15, 0.2) is 66.4 Å². The third kappa shape index (κ3) is 7.06. The van der Waals surface area contributed by atoms with Crippen LogP contribution in [0.5, 0.6) is 5.75 Å². The Morgan fingerprint density at radius 3 is 2.52 bits per heavy atom. The lowest BCUT2D eigenvalue weighted by Gasteiger charge is -2.29. The van der Waals surface area contributed by atoms with Gasteiger partial charge >= 0.3 is 0 Å². The van der Waals surface area contributed by atoms with Gasteiger partial charge in [0.15, 0.2) is 5.65 Å². The molecule has 48 heavy (non-hydrogen) atoms. The highest BCUT2D eigenvalue weighted by molar-refractivity contribution is 7.13. The van der Waals surface area contributed by atoms with Crippen molar-refractivity contribution in [2.75, 3.05) is 49.8 Å². The second kappa shape index (κ2) is 14.0. The Morgan fingerprint density at radius 2 is 1.77 bits per heavy atom. The smallest absolute Gasteiger partial charge is 0.232 e. The number of hydrogen-bond acceptors (Lipinski definition) is 11. The molecule has 14 heteroatoms. The Labute approximate surface area is 285 Å². The van der Waals surface area contributed by atoms with E-state index in [0.717, 1.165) is 56.9 Å². The van der Waals surface area contributed by atoms with E-state index in [1.807, 2.05) is 40.6 Å². The van der Waals surface area contributed by atoms with Crippen LogP contribution in [0, 0.1) is 0 Å². The van der Waals surface area contributed by atoms with Crippen LogP contribution in [0.25, 0.3) is 27.1 Å². The van der Waals surface area contributed by atoms with E-state index in [1.165, 1.54) is 0 Å². The number of morpholine rings is 1. The predicted octanol–water partition coefficient (Wildman–Crippen LogP) is 5.96. The maximum atomic E-state index is 6.31. The molecule has 12 nitrogen and oxygen atoms in total. The molecule has 0 N–H and O–H groups in total.